The summed E-state index contributed by atoms with van der Waals surface area (Å²) in [6, 6.07) is -0.114. The third kappa shape index (κ3) is 11.5. The third-order valence-electron chi connectivity index (χ3n) is 3.76. The zero-order chi connectivity index (χ0) is 19.8. The Hall–Kier alpha value is -0.940. The van der Waals surface area contributed by atoms with E-state index in [0.717, 1.165) is 19.3 Å². The third-order valence-corrected chi connectivity index (χ3v) is 3.76. The standard InChI is InChI=1S/C17H31F3N4O2.HI/c1-5-21-14(22-10-9-17(18,19)20)23-12-13-8-6-7-11-24(13)15(25)26-16(2,3)4;/h13H,5-12H2,1-4H3,(H2,21,22,23);1H. The highest BCUT2D eigenvalue weighted by atomic mass is 127. The van der Waals surface area contributed by atoms with Crippen LogP contribution in [0.4, 0.5) is 18.0 Å². The molecule has 1 amide bonds. The number of carbonyl (C=O) groups excluding carboxylic acids is 1. The van der Waals surface area contributed by atoms with Gasteiger partial charge in [-0.15, -0.1) is 24.0 Å². The molecule has 1 aliphatic rings. The molecule has 1 rings (SSSR count). The van der Waals surface area contributed by atoms with E-state index in [-0.39, 0.29) is 42.7 Å². The normalized spacial score (nSPS) is 18.6. The number of hydrogen-bond donors (Lipinski definition) is 2. The molecule has 0 radical (unpaired) electrons. The lowest BCUT2D eigenvalue weighted by Gasteiger charge is -2.36. The van der Waals surface area contributed by atoms with Gasteiger partial charge in [0.1, 0.15) is 5.60 Å². The summed E-state index contributed by atoms with van der Waals surface area (Å²) in [4.78, 5) is 18.4. The Labute approximate surface area is 176 Å². The van der Waals surface area contributed by atoms with E-state index >= 15 is 0 Å². The number of rotatable bonds is 5. The molecule has 10 heteroatoms. The van der Waals surface area contributed by atoms with Crippen molar-refractivity contribution in [2.45, 2.75) is 71.2 Å². The van der Waals surface area contributed by atoms with Crippen LogP contribution >= 0.6 is 24.0 Å². The van der Waals surface area contributed by atoms with Gasteiger partial charge in [-0.25, -0.2) is 4.79 Å². The highest BCUT2D eigenvalue weighted by molar-refractivity contribution is 14.0. The quantitative estimate of drug-likeness (QED) is 0.336. The molecule has 0 bridgehead atoms. The molecule has 1 atom stereocenters. The summed E-state index contributed by atoms with van der Waals surface area (Å²) in [7, 11) is 0. The summed E-state index contributed by atoms with van der Waals surface area (Å²) in [5.74, 6) is 0.325. The van der Waals surface area contributed by atoms with Crippen LogP contribution < -0.4 is 10.6 Å². The maximum Gasteiger partial charge on any atom is 0.410 e. The fraction of sp³-hybridized carbons (Fsp3) is 0.882. The van der Waals surface area contributed by atoms with Crippen LogP contribution in [0, 0.1) is 0 Å². The Balaban J connectivity index is 0.00000676. The molecular weight excluding hydrogens is 476 g/mol. The molecule has 1 fully saturated rings. The van der Waals surface area contributed by atoms with Crippen LogP contribution in [-0.4, -0.2) is 61.0 Å². The molecule has 6 nitrogen and oxygen atoms in total. The van der Waals surface area contributed by atoms with E-state index in [2.05, 4.69) is 15.6 Å². The molecule has 0 spiro atoms. The molecule has 0 aromatic rings. The number of nitrogens with one attached hydrogen (secondary N) is 2. The van der Waals surface area contributed by atoms with Gasteiger partial charge in [0.15, 0.2) is 5.96 Å². The van der Waals surface area contributed by atoms with Gasteiger partial charge in [0.05, 0.1) is 19.0 Å². The van der Waals surface area contributed by atoms with Crippen molar-refractivity contribution in [2.75, 3.05) is 26.2 Å². The van der Waals surface area contributed by atoms with Gasteiger partial charge in [-0.05, 0) is 47.0 Å². The van der Waals surface area contributed by atoms with Crippen LogP contribution in [0.2, 0.25) is 0 Å². The SMILES string of the molecule is CCNC(=NCC1CCCCN1C(=O)OC(C)(C)C)NCCC(F)(F)F.I. The van der Waals surface area contributed by atoms with Crippen molar-refractivity contribution in [3.8, 4) is 0 Å². The van der Waals surface area contributed by atoms with Crippen molar-refractivity contribution < 1.29 is 22.7 Å². The monoisotopic (exact) mass is 508 g/mol. The van der Waals surface area contributed by atoms with Gasteiger partial charge in [0.25, 0.3) is 0 Å². The van der Waals surface area contributed by atoms with Crippen molar-refractivity contribution in [3.05, 3.63) is 0 Å². The number of ether oxygens (including phenoxy) is 1. The van der Waals surface area contributed by atoms with Crippen molar-refractivity contribution in [1.29, 1.82) is 0 Å². The summed E-state index contributed by atoms with van der Waals surface area (Å²) in [5.41, 5.74) is -0.573. The number of amides is 1. The lowest BCUT2D eigenvalue weighted by atomic mass is 10.0. The molecule has 160 valence electrons. The predicted molar refractivity (Wildman–Crippen MR) is 111 cm³/mol. The predicted octanol–water partition coefficient (Wildman–Crippen LogP) is 3.90. The van der Waals surface area contributed by atoms with Gasteiger partial charge in [-0.2, -0.15) is 13.2 Å². The summed E-state index contributed by atoms with van der Waals surface area (Å²) in [5, 5.41) is 5.61. The number of hydrogen-bond acceptors (Lipinski definition) is 3. The Kier molecular flexibility index (Phi) is 11.4. The number of carbonyl (C=O) groups is 1. The molecule has 1 saturated heterocycles. The van der Waals surface area contributed by atoms with Gasteiger partial charge in [-0.3, -0.25) is 4.99 Å². The average Bonchev–Trinajstić information content (AvgIpc) is 2.50. The minimum Gasteiger partial charge on any atom is -0.444 e. The van der Waals surface area contributed by atoms with Crippen LogP contribution in [0.3, 0.4) is 0 Å². The largest absolute Gasteiger partial charge is 0.444 e. The minimum absolute atomic E-state index is 0. The van der Waals surface area contributed by atoms with Crippen LogP contribution in [0.15, 0.2) is 4.99 Å². The first-order valence-corrected chi connectivity index (χ1v) is 9.10. The van der Waals surface area contributed by atoms with E-state index in [1.54, 1.807) is 4.90 Å². The second kappa shape index (κ2) is 11.8. The number of alkyl halides is 3. The zero-order valence-corrected chi connectivity index (χ0v) is 18.8. The van der Waals surface area contributed by atoms with Crippen molar-refractivity contribution in [1.82, 2.24) is 15.5 Å². The lowest BCUT2D eigenvalue weighted by Crippen LogP contribution is -2.48. The fourth-order valence-electron chi connectivity index (χ4n) is 2.61. The Morgan fingerprint density at radius 3 is 2.44 bits per heavy atom. The van der Waals surface area contributed by atoms with Gasteiger partial charge < -0.3 is 20.3 Å². The van der Waals surface area contributed by atoms with Gasteiger partial charge in [0, 0.05) is 19.6 Å². The molecule has 1 unspecified atom stereocenters. The summed E-state index contributed by atoms with van der Waals surface area (Å²) >= 11 is 0. The summed E-state index contributed by atoms with van der Waals surface area (Å²) in [6.45, 7) is 8.51. The highest BCUT2D eigenvalue weighted by Crippen LogP contribution is 2.21. The molecular formula is C17H32F3IN4O2. The van der Waals surface area contributed by atoms with Crippen molar-refractivity contribution in [3.63, 3.8) is 0 Å². The first-order chi connectivity index (χ1) is 12.0. The van der Waals surface area contributed by atoms with Gasteiger partial charge in [0.2, 0.25) is 0 Å². The number of likely N-dealkylation sites (tertiary alicyclic amines) is 1. The second-order valence-corrected chi connectivity index (χ2v) is 7.33. The summed E-state index contributed by atoms with van der Waals surface area (Å²) in [6.07, 6.45) is -2.81. The molecule has 2 N–H and O–H groups in total. The van der Waals surface area contributed by atoms with E-state index in [0.29, 0.717) is 25.6 Å². The van der Waals surface area contributed by atoms with Crippen LogP contribution in [0.25, 0.3) is 0 Å². The topological polar surface area (TPSA) is 66.0 Å². The van der Waals surface area contributed by atoms with E-state index in [9.17, 15) is 18.0 Å². The smallest absolute Gasteiger partial charge is 0.410 e. The first kappa shape index (κ1) is 26.1. The zero-order valence-electron chi connectivity index (χ0n) is 16.5. The Morgan fingerprint density at radius 2 is 1.89 bits per heavy atom. The molecule has 1 heterocycles. The maximum absolute atomic E-state index is 12.4. The number of halogens is 4. The van der Waals surface area contributed by atoms with Crippen LogP contribution in [0.1, 0.15) is 53.4 Å². The average molecular weight is 508 g/mol. The van der Waals surface area contributed by atoms with Gasteiger partial charge >= 0.3 is 12.3 Å². The second-order valence-electron chi connectivity index (χ2n) is 7.33. The van der Waals surface area contributed by atoms with Crippen LogP contribution in [0.5, 0.6) is 0 Å². The number of aliphatic imine (C=N–C) groups is 1. The first-order valence-electron chi connectivity index (χ1n) is 9.10. The number of piperidine rings is 1. The maximum atomic E-state index is 12.4. The van der Waals surface area contributed by atoms with E-state index in [1.165, 1.54) is 0 Å². The molecule has 1 aliphatic heterocycles. The van der Waals surface area contributed by atoms with Crippen molar-refractivity contribution in [2.24, 2.45) is 4.99 Å². The fourth-order valence-corrected chi connectivity index (χ4v) is 2.61. The van der Waals surface area contributed by atoms with Gasteiger partial charge in [-0.1, -0.05) is 0 Å². The van der Waals surface area contributed by atoms with E-state index in [1.807, 2.05) is 27.7 Å². The molecule has 0 aliphatic carbocycles. The molecule has 0 aromatic heterocycles. The Bertz CT molecular complexity index is 482. The molecule has 0 aromatic carbocycles. The van der Waals surface area contributed by atoms with E-state index in [4.69, 9.17) is 4.74 Å². The molecule has 27 heavy (non-hydrogen) atoms. The summed E-state index contributed by atoms with van der Waals surface area (Å²) < 4.78 is 42.3. The highest BCUT2D eigenvalue weighted by Gasteiger charge is 2.30. The Morgan fingerprint density at radius 1 is 1.22 bits per heavy atom. The van der Waals surface area contributed by atoms with Crippen molar-refractivity contribution >= 4 is 36.0 Å². The number of nitrogens with zero attached hydrogens (tertiary/aromatic N) is 2. The minimum atomic E-state index is -4.21. The van der Waals surface area contributed by atoms with E-state index < -0.39 is 18.2 Å². The lowest BCUT2D eigenvalue weighted by molar-refractivity contribution is -0.132. The molecule has 0 saturated carbocycles. The van der Waals surface area contributed by atoms with Crippen LogP contribution in [-0.2, 0) is 4.74 Å². The number of guanidine groups is 1.